The van der Waals surface area contributed by atoms with Gasteiger partial charge < -0.3 is 20.4 Å². The molecule has 2 aromatic rings. The van der Waals surface area contributed by atoms with Gasteiger partial charge in [0, 0.05) is 30.6 Å². The quantitative estimate of drug-likeness (QED) is 0.791. The predicted molar refractivity (Wildman–Crippen MR) is 79.7 cm³/mol. The van der Waals surface area contributed by atoms with Gasteiger partial charge in [0.2, 0.25) is 0 Å². The minimum absolute atomic E-state index is 0.0309. The highest BCUT2D eigenvalue weighted by molar-refractivity contribution is 5.59. The minimum atomic E-state index is 0.0309. The number of benzene rings is 1. The van der Waals surface area contributed by atoms with Crippen LogP contribution in [0.1, 0.15) is 32.1 Å². The van der Waals surface area contributed by atoms with Crippen LogP contribution in [0, 0.1) is 0 Å². The molecular weight excluding hydrogens is 254 g/mol. The van der Waals surface area contributed by atoms with Gasteiger partial charge >= 0.3 is 0 Å². The van der Waals surface area contributed by atoms with E-state index in [-0.39, 0.29) is 6.04 Å². The van der Waals surface area contributed by atoms with E-state index in [1.165, 1.54) is 0 Å². The number of nitrogens with zero attached hydrogens (tertiary/aromatic N) is 3. The second-order valence-corrected chi connectivity index (χ2v) is 4.81. The minimum Gasteiger partial charge on any atom is -0.493 e. The van der Waals surface area contributed by atoms with Crippen LogP contribution in [0.25, 0.3) is 0 Å². The van der Waals surface area contributed by atoms with Crippen LogP contribution in [0.2, 0.25) is 0 Å². The summed E-state index contributed by atoms with van der Waals surface area (Å²) in [6.45, 7) is 4.78. The molecule has 0 saturated carbocycles. The Hall–Kier alpha value is -2.24. The molecule has 2 rings (SSSR count). The summed E-state index contributed by atoms with van der Waals surface area (Å²) in [6.07, 6.45) is 2.65. The van der Waals surface area contributed by atoms with E-state index < -0.39 is 0 Å². The second kappa shape index (κ2) is 6.27. The van der Waals surface area contributed by atoms with Crippen molar-refractivity contribution >= 4 is 11.4 Å². The number of aromatic nitrogens is 3. The zero-order chi connectivity index (χ0) is 14.5. The van der Waals surface area contributed by atoms with E-state index in [0.717, 1.165) is 23.7 Å². The maximum absolute atomic E-state index is 5.90. The third-order valence-corrected chi connectivity index (χ3v) is 2.92. The average Bonchev–Trinajstić information content (AvgIpc) is 2.82. The largest absolute Gasteiger partial charge is 0.493 e. The Kier molecular flexibility index (Phi) is 4.45. The number of aryl methyl sites for hydroxylation is 1. The van der Waals surface area contributed by atoms with Crippen LogP contribution in [-0.4, -0.2) is 21.4 Å². The van der Waals surface area contributed by atoms with E-state index in [1.54, 1.807) is 6.33 Å². The van der Waals surface area contributed by atoms with Crippen molar-refractivity contribution in [1.82, 2.24) is 14.8 Å². The first kappa shape index (κ1) is 14.2. The second-order valence-electron chi connectivity index (χ2n) is 4.81. The summed E-state index contributed by atoms with van der Waals surface area (Å²) < 4.78 is 7.51. The van der Waals surface area contributed by atoms with Gasteiger partial charge in [-0.25, -0.2) is 0 Å². The highest BCUT2D eigenvalue weighted by atomic mass is 16.5. The molecular formula is C14H21N5O. The summed E-state index contributed by atoms with van der Waals surface area (Å²) >= 11 is 0. The molecule has 0 aliphatic carbocycles. The Morgan fingerprint density at radius 1 is 1.40 bits per heavy atom. The zero-order valence-corrected chi connectivity index (χ0v) is 12.1. The van der Waals surface area contributed by atoms with Crippen LogP contribution in [0.15, 0.2) is 24.5 Å². The van der Waals surface area contributed by atoms with Gasteiger partial charge in [-0.3, -0.25) is 0 Å². The molecule has 0 amide bonds. The molecule has 0 fully saturated rings. The lowest BCUT2D eigenvalue weighted by atomic mass is 10.2. The monoisotopic (exact) mass is 275 g/mol. The van der Waals surface area contributed by atoms with Crippen LogP contribution in [0.3, 0.4) is 0 Å². The molecule has 3 N–H and O–H groups in total. The first-order valence-corrected chi connectivity index (χ1v) is 6.74. The van der Waals surface area contributed by atoms with E-state index >= 15 is 0 Å². The average molecular weight is 275 g/mol. The van der Waals surface area contributed by atoms with Gasteiger partial charge in [-0.15, -0.1) is 10.2 Å². The fourth-order valence-corrected chi connectivity index (χ4v) is 2.01. The number of rotatable bonds is 6. The lowest BCUT2D eigenvalue weighted by molar-refractivity contribution is 0.318. The Labute approximate surface area is 119 Å². The molecule has 0 radical (unpaired) electrons. The molecule has 0 bridgehead atoms. The van der Waals surface area contributed by atoms with E-state index in [9.17, 15) is 0 Å². The maximum atomic E-state index is 5.90. The lowest BCUT2D eigenvalue weighted by Gasteiger charge is -2.16. The molecule has 20 heavy (non-hydrogen) atoms. The fraction of sp³-hybridized carbons (Fsp3) is 0.429. The number of nitrogens with two attached hydrogens (primary N) is 1. The van der Waals surface area contributed by atoms with Gasteiger partial charge in [0.25, 0.3) is 0 Å². The molecule has 0 saturated heterocycles. The fourth-order valence-electron chi connectivity index (χ4n) is 2.01. The first-order chi connectivity index (χ1) is 9.60. The van der Waals surface area contributed by atoms with Gasteiger partial charge in [-0.05, 0) is 19.4 Å². The molecule has 0 aliphatic rings. The van der Waals surface area contributed by atoms with Gasteiger partial charge in [0.05, 0.1) is 12.6 Å². The van der Waals surface area contributed by atoms with Crippen molar-refractivity contribution in [3.05, 3.63) is 30.4 Å². The first-order valence-electron chi connectivity index (χ1n) is 6.74. The third-order valence-electron chi connectivity index (χ3n) is 2.92. The topological polar surface area (TPSA) is 78.0 Å². The SMILES string of the molecule is CCCOc1cc(N)cc(NC(C)c2nncn2C)c1. The van der Waals surface area contributed by atoms with Gasteiger partial charge in [-0.2, -0.15) is 0 Å². The van der Waals surface area contributed by atoms with Crippen molar-refractivity contribution in [2.24, 2.45) is 7.05 Å². The van der Waals surface area contributed by atoms with Crippen molar-refractivity contribution in [1.29, 1.82) is 0 Å². The van der Waals surface area contributed by atoms with E-state index in [4.69, 9.17) is 10.5 Å². The number of hydrogen-bond acceptors (Lipinski definition) is 5. The Morgan fingerprint density at radius 2 is 2.20 bits per heavy atom. The summed E-state index contributed by atoms with van der Waals surface area (Å²) in [4.78, 5) is 0. The van der Waals surface area contributed by atoms with E-state index in [1.807, 2.05) is 36.7 Å². The maximum Gasteiger partial charge on any atom is 0.154 e. The third kappa shape index (κ3) is 3.40. The van der Waals surface area contributed by atoms with Crippen molar-refractivity contribution in [2.45, 2.75) is 26.3 Å². The van der Waals surface area contributed by atoms with Gasteiger partial charge in [0.15, 0.2) is 5.82 Å². The number of ether oxygens (including phenoxy) is 1. The number of hydrogen-bond donors (Lipinski definition) is 2. The molecule has 0 spiro atoms. The van der Waals surface area contributed by atoms with Crippen molar-refractivity contribution in [2.75, 3.05) is 17.7 Å². The van der Waals surface area contributed by atoms with Crippen LogP contribution in [0.4, 0.5) is 11.4 Å². The number of anilines is 2. The number of nitrogens with one attached hydrogen (secondary N) is 1. The standard InChI is InChI=1S/C14H21N5O/c1-4-5-20-13-7-11(15)6-12(8-13)17-10(2)14-18-16-9-19(14)3/h6-10,17H,4-5,15H2,1-3H3. The van der Waals surface area contributed by atoms with Gasteiger partial charge in [0.1, 0.15) is 12.1 Å². The smallest absolute Gasteiger partial charge is 0.154 e. The highest BCUT2D eigenvalue weighted by Gasteiger charge is 2.11. The van der Waals surface area contributed by atoms with Crippen LogP contribution >= 0.6 is 0 Å². The van der Waals surface area contributed by atoms with Crippen LogP contribution < -0.4 is 15.8 Å². The molecule has 6 nitrogen and oxygen atoms in total. The molecule has 0 aliphatic heterocycles. The van der Waals surface area contributed by atoms with Crippen LogP contribution in [0.5, 0.6) is 5.75 Å². The Balaban J connectivity index is 2.12. The summed E-state index contributed by atoms with van der Waals surface area (Å²) in [5, 5.41) is 11.3. The van der Waals surface area contributed by atoms with Gasteiger partial charge in [-0.1, -0.05) is 6.92 Å². The zero-order valence-electron chi connectivity index (χ0n) is 12.1. The predicted octanol–water partition coefficient (Wildman–Crippen LogP) is 2.36. The van der Waals surface area contributed by atoms with Crippen LogP contribution in [-0.2, 0) is 7.05 Å². The van der Waals surface area contributed by atoms with Crippen molar-refractivity contribution in [3.8, 4) is 5.75 Å². The van der Waals surface area contributed by atoms with Crippen molar-refractivity contribution in [3.63, 3.8) is 0 Å². The molecule has 1 aromatic heterocycles. The summed E-state index contributed by atoms with van der Waals surface area (Å²) in [6, 6.07) is 5.68. The van der Waals surface area contributed by atoms with Crippen molar-refractivity contribution < 1.29 is 4.74 Å². The van der Waals surface area contributed by atoms with E-state index in [2.05, 4.69) is 22.4 Å². The normalized spacial score (nSPS) is 12.2. The van der Waals surface area contributed by atoms with E-state index in [0.29, 0.717) is 12.3 Å². The lowest BCUT2D eigenvalue weighted by Crippen LogP contribution is -2.12. The summed E-state index contributed by atoms with van der Waals surface area (Å²) in [5.74, 6) is 1.64. The molecule has 108 valence electrons. The summed E-state index contributed by atoms with van der Waals surface area (Å²) in [7, 11) is 1.92. The molecule has 1 atom stereocenters. The molecule has 1 heterocycles. The summed E-state index contributed by atoms with van der Waals surface area (Å²) in [5.41, 5.74) is 7.48. The molecule has 1 aromatic carbocycles. The highest BCUT2D eigenvalue weighted by Crippen LogP contribution is 2.25. The Bertz CT molecular complexity index is 566. The Morgan fingerprint density at radius 3 is 2.85 bits per heavy atom. The molecule has 6 heteroatoms. The molecule has 1 unspecified atom stereocenters. The number of nitrogen functional groups attached to an aromatic ring is 1.